The molecule has 1 N–H and O–H groups in total. The number of carbonyl (C=O) groups excluding carboxylic acids is 2. The molecule has 5 nitrogen and oxygen atoms in total. The molecule has 1 heterocycles. The van der Waals surface area contributed by atoms with Crippen LogP contribution in [0, 0.1) is 12.7 Å². The van der Waals surface area contributed by atoms with E-state index in [9.17, 15) is 14.0 Å². The van der Waals surface area contributed by atoms with Gasteiger partial charge in [-0.1, -0.05) is 18.2 Å². The van der Waals surface area contributed by atoms with Crippen molar-refractivity contribution in [1.82, 2.24) is 4.98 Å². The van der Waals surface area contributed by atoms with E-state index in [0.29, 0.717) is 16.9 Å². The van der Waals surface area contributed by atoms with Crippen LogP contribution in [0.1, 0.15) is 28.4 Å². The lowest BCUT2D eigenvalue weighted by atomic mass is 10.1. The molecule has 2 amide bonds. The average molecular weight is 377 g/mol. The lowest BCUT2D eigenvalue weighted by Gasteiger charge is -2.23. The quantitative estimate of drug-likeness (QED) is 0.720. The van der Waals surface area contributed by atoms with Gasteiger partial charge < -0.3 is 10.2 Å². The van der Waals surface area contributed by atoms with Gasteiger partial charge in [-0.2, -0.15) is 0 Å². The van der Waals surface area contributed by atoms with E-state index >= 15 is 0 Å². The van der Waals surface area contributed by atoms with Crippen LogP contribution in [-0.4, -0.2) is 16.8 Å². The van der Waals surface area contributed by atoms with Crippen LogP contribution in [0.3, 0.4) is 0 Å². The molecule has 0 aliphatic heterocycles. The number of nitrogens with zero attached hydrogens (tertiary/aromatic N) is 2. The molecule has 0 aliphatic rings. The molecular formula is C22H20FN3O2. The smallest absolute Gasteiger partial charge is 0.258 e. The Morgan fingerprint density at radius 2 is 1.82 bits per heavy atom. The fraction of sp³-hybridized carbons (Fsp3) is 0.136. The first-order chi connectivity index (χ1) is 13.4. The molecule has 3 rings (SSSR count). The molecule has 1 aromatic heterocycles. The zero-order valence-corrected chi connectivity index (χ0v) is 15.6. The first kappa shape index (κ1) is 19.2. The van der Waals surface area contributed by atoms with Crippen LogP contribution in [0.4, 0.5) is 15.8 Å². The van der Waals surface area contributed by atoms with Gasteiger partial charge in [0.15, 0.2) is 0 Å². The highest BCUT2D eigenvalue weighted by molar-refractivity contribution is 6.06. The van der Waals surface area contributed by atoms with E-state index in [0.717, 1.165) is 11.1 Å². The first-order valence-electron chi connectivity index (χ1n) is 8.78. The van der Waals surface area contributed by atoms with Gasteiger partial charge in [-0.15, -0.1) is 0 Å². The summed E-state index contributed by atoms with van der Waals surface area (Å²) in [5.41, 5.74) is 3.31. The molecule has 0 bridgehead atoms. The summed E-state index contributed by atoms with van der Waals surface area (Å²) in [5.74, 6) is -0.790. The Bertz CT molecular complexity index is 1000. The maximum absolute atomic E-state index is 13.3. The summed E-state index contributed by atoms with van der Waals surface area (Å²) in [4.78, 5) is 30.4. The highest BCUT2D eigenvalue weighted by atomic mass is 19.1. The molecule has 0 aliphatic carbocycles. The summed E-state index contributed by atoms with van der Waals surface area (Å²) < 4.78 is 13.2. The van der Waals surface area contributed by atoms with E-state index in [-0.39, 0.29) is 24.2 Å². The van der Waals surface area contributed by atoms with Crippen molar-refractivity contribution in [2.45, 2.75) is 20.4 Å². The number of benzene rings is 2. The number of aryl methyl sites for hydroxylation is 1. The second kappa shape index (κ2) is 8.43. The van der Waals surface area contributed by atoms with Gasteiger partial charge in [0.25, 0.3) is 5.91 Å². The van der Waals surface area contributed by atoms with Crippen LogP contribution in [0.25, 0.3) is 0 Å². The molecule has 0 unspecified atom stereocenters. The summed E-state index contributed by atoms with van der Waals surface area (Å²) in [6.45, 7) is 3.57. The molecular weight excluding hydrogens is 357 g/mol. The van der Waals surface area contributed by atoms with Gasteiger partial charge in [-0.25, -0.2) is 4.39 Å². The van der Waals surface area contributed by atoms with Crippen LogP contribution in [0.15, 0.2) is 67.0 Å². The monoisotopic (exact) mass is 377 g/mol. The first-order valence-corrected chi connectivity index (χ1v) is 8.78. The second-order valence-corrected chi connectivity index (χ2v) is 6.50. The van der Waals surface area contributed by atoms with Gasteiger partial charge in [0, 0.05) is 24.4 Å². The number of pyridine rings is 1. The highest BCUT2D eigenvalue weighted by Gasteiger charge is 2.19. The SMILES string of the molecule is CC(=O)Nc1cccc(C(=O)N(Cc2ccc(F)cc2)c2cncc(C)c2)c1. The molecule has 0 atom stereocenters. The normalized spacial score (nSPS) is 10.4. The van der Waals surface area contributed by atoms with E-state index in [4.69, 9.17) is 0 Å². The summed E-state index contributed by atoms with van der Waals surface area (Å²) in [6, 6.07) is 14.6. The van der Waals surface area contributed by atoms with Crippen LogP contribution in [0.2, 0.25) is 0 Å². The molecule has 0 fully saturated rings. The third-order valence-corrected chi connectivity index (χ3v) is 4.10. The number of hydrogen-bond acceptors (Lipinski definition) is 3. The van der Waals surface area contributed by atoms with Crippen molar-refractivity contribution >= 4 is 23.2 Å². The molecule has 2 aromatic carbocycles. The number of carbonyl (C=O) groups is 2. The van der Waals surface area contributed by atoms with Gasteiger partial charge >= 0.3 is 0 Å². The minimum absolute atomic E-state index is 0.212. The van der Waals surface area contributed by atoms with Crippen LogP contribution >= 0.6 is 0 Å². The number of halogens is 1. The van der Waals surface area contributed by atoms with E-state index in [1.807, 2.05) is 13.0 Å². The predicted molar refractivity (Wildman–Crippen MR) is 107 cm³/mol. The number of anilines is 2. The standard InChI is InChI=1S/C22H20FN3O2/c1-15-10-21(13-24-12-15)26(14-17-6-8-19(23)9-7-17)22(28)18-4-3-5-20(11-18)25-16(2)27/h3-13H,14H2,1-2H3,(H,25,27). The van der Waals surface area contributed by atoms with Crippen molar-refractivity contribution in [2.75, 3.05) is 10.2 Å². The summed E-state index contributed by atoms with van der Waals surface area (Å²) in [6.07, 6.45) is 3.33. The molecule has 0 spiro atoms. The van der Waals surface area contributed by atoms with Crippen molar-refractivity contribution in [3.8, 4) is 0 Å². The molecule has 0 saturated carbocycles. The summed E-state index contributed by atoms with van der Waals surface area (Å²) >= 11 is 0. The highest BCUT2D eigenvalue weighted by Crippen LogP contribution is 2.22. The third-order valence-electron chi connectivity index (χ3n) is 4.10. The third kappa shape index (κ3) is 4.79. The Morgan fingerprint density at radius 3 is 2.50 bits per heavy atom. The van der Waals surface area contributed by atoms with Gasteiger partial charge in [0.2, 0.25) is 5.91 Å². The van der Waals surface area contributed by atoms with E-state index in [1.165, 1.54) is 19.1 Å². The molecule has 0 radical (unpaired) electrons. The number of rotatable bonds is 5. The van der Waals surface area contributed by atoms with Crippen molar-refractivity contribution in [2.24, 2.45) is 0 Å². The van der Waals surface area contributed by atoms with Gasteiger partial charge in [0.05, 0.1) is 18.4 Å². The van der Waals surface area contributed by atoms with Gasteiger partial charge in [0.1, 0.15) is 5.82 Å². The zero-order valence-electron chi connectivity index (χ0n) is 15.6. The molecule has 28 heavy (non-hydrogen) atoms. The number of amides is 2. The Kier molecular flexibility index (Phi) is 5.79. The number of hydrogen-bond donors (Lipinski definition) is 1. The van der Waals surface area contributed by atoms with Crippen LogP contribution < -0.4 is 10.2 Å². The number of aromatic nitrogens is 1. The fourth-order valence-electron chi connectivity index (χ4n) is 2.83. The van der Waals surface area contributed by atoms with Crippen molar-refractivity contribution in [3.05, 3.63) is 89.5 Å². The lowest BCUT2D eigenvalue weighted by Crippen LogP contribution is -2.30. The van der Waals surface area contributed by atoms with Gasteiger partial charge in [-0.05, 0) is 54.4 Å². The average Bonchev–Trinajstić information content (AvgIpc) is 2.67. The largest absolute Gasteiger partial charge is 0.326 e. The van der Waals surface area contributed by atoms with E-state index in [1.54, 1.807) is 53.7 Å². The fourth-order valence-corrected chi connectivity index (χ4v) is 2.83. The molecule has 3 aromatic rings. The van der Waals surface area contributed by atoms with Crippen molar-refractivity contribution in [1.29, 1.82) is 0 Å². The van der Waals surface area contributed by atoms with Crippen LogP contribution in [-0.2, 0) is 11.3 Å². The van der Waals surface area contributed by atoms with E-state index in [2.05, 4.69) is 10.3 Å². The van der Waals surface area contributed by atoms with Gasteiger partial charge in [-0.3, -0.25) is 14.6 Å². The van der Waals surface area contributed by atoms with Crippen molar-refractivity contribution in [3.63, 3.8) is 0 Å². The Labute approximate surface area is 162 Å². The van der Waals surface area contributed by atoms with Crippen molar-refractivity contribution < 1.29 is 14.0 Å². The van der Waals surface area contributed by atoms with Crippen LogP contribution in [0.5, 0.6) is 0 Å². The Morgan fingerprint density at radius 1 is 1.07 bits per heavy atom. The number of nitrogens with one attached hydrogen (secondary N) is 1. The second-order valence-electron chi connectivity index (χ2n) is 6.50. The molecule has 142 valence electrons. The zero-order chi connectivity index (χ0) is 20.1. The topological polar surface area (TPSA) is 62.3 Å². The Hall–Kier alpha value is -3.54. The summed E-state index contributed by atoms with van der Waals surface area (Å²) in [5, 5.41) is 2.68. The Balaban J connectivity index is 1.97. The maximum Gasteiger partial charge on any atom is 0.258 e. The minimum atomic E-state index is -0.332. The summed E-state index contributed by atoms with van der Waals surface area (Å²) in [7, 11) is 0. The van der Waals surface area contributed by atoms with E-state index < -0.39 is 0 Å². The molecule has 6 heteroatoms. The molecule has 0 saturated heterocycles. The lowest BCUT2D eigenvalue weighted by molar-refractivity contribution is -0.114. The predicted octanol–water partition coefficient (Wildman–Crippen LogP) is 4.33. The maximum atomic E-state index is 13.3. The minimum Gasteiger partial charge on any atom is -0.326 e.